The number of fused-ring (bicyclic) bond motifs is 1. The number of aromatic nitrogens is 4. The molecule has 1 aromatic rings. The zero-order valence-electron chi connectivity index (χ0n) is 7.24. The Kier molecular flexibility index (Phi) is 2.34. The topological polar surface area (TPSA) is 43.6 Å². The van der Waals surface area contributed by atoms with Gasteiger partial charge in [0.25, 0.3) is 0 Å². The summed E-state index contributed by atoms with van der Waals surface area (Å²) in [5.74, 6) is 1.07. The van der Waals surface area contributed by atoms with Crippen molar-refractivity contribution in [2.24, 2.45) is 0 Å². The van der Waals surface area contributed by atoms with Crippen LogP contribution in [0.2, 0.25) is 0 Å². The zero-order valence-corrected chi connectivity index (χ0v) is 7.24. The van der Waals surface area contributed by atoms with E-state index in [-0.39, 0.29) is 0 Å². The van der Waals surface area contributed by atoms with E-state index in [0.717, 1.165) is 18.8 Å². The van der Waals surface area contributed by atoms with Crippen LogP contribution in [0.3, 0.4) is 0 Å². The Morgan fingerprint density at radius 2 is 1.83 bits per heavy atom. The first kappa shape index (κ1) is 7.71. The van der Waals surface area contributed by atoms with Gasteiger partial charge in [-0.05, 0) is 23.3 Å². The summed E-state index contributed by atoms with van der Waals surface area (Å²) in [4.78, 5) is 0. The van der Waals surface area contributed by atoms with Gasteiger partial charge in [-0.2, -0.15) is 0 Å². The van der Waals surface area contributed by atoms with E-state index < -0.39 is 0 Å². The fraction of sp³-hybridized carbons (Fsp3) is 0.875. The van der Waals surface area contributed by atoms with Gasteiger partial charge < -0.3 is 0 Å². The first-order chi connectivity index (χ1) is 5.97. The summed E-state index contributed by atoms with van der Waals surface area (Å²) in [5.41, 5.74) is 0. The van der Waals surface area contributed by atoms with Crippen LogP contribution in [0.4, 0.5) is 0 Å². The molecule has 66 valence electrons. The third-order valence-electron chi connectivity index (χ3n) is 2.38. The Balaban J connectivity index is 2.10. The van der Waals surface area contributed by atoms with Crippen LogP contribution in [-0.4, -0.2) is 20.2 Å². The SMILES string of the molecule is C1CCCc2nnnn2CCC1. The van der Waals surface area contributed by atoms with Crippen molar-refractivity contribution in [3.8, 4) is 0 Å². The fourth-order valence-electron chi connectivity index (χ4n) is 1.65. The van der Waals surface area contributed by atoms with Crippen LogP contribution in [-0.2, 0) is 13.0 Å². The second kappa shape index (κ2) is 3.65. The van der Waals surface area contributed by atoms with Gasteiger partial charge in [0, 0.05) is 13.0 Å². The molecule has 2 heterocycles. The molecule has 2 rings (SSSR count). The van der Waals surface area contributed by atoms with Crippen LogP contribution in [0, 0.1) is 0 Å². The van der Waals surface area contributed by atoms with Crippen molar-refractivity contribution in [1.29, 1.82) is 0 Å². The minimum atomic E-state index is 1.00. The van der Waals surface area contributed by atoms with Gasteiger partial charge in [0.05, 0.1) is 0 Å². The number of aryl methyl sites for hydroxylation is 2. The molecule has 0 saturated heterocycles. The first-order valence-electron chi connectivity index (χ1n) is 4.72. The van der Waals surface area contributed by atoms with Crippen molar-refractivity contribution in [3.05, 3.63) is 5.82 Å². The molecule has 0 spiro atoms. The summed E-state index contributed by atoms with van der Waals surface area (Å²) in [6, 6.07) is 0. The van der Waals surface area contributed by atoms with Crippen molar-refractivity contribution in [2.75, 3.05) is 0 Å². The van der Waals surface area contributed by atoms with E-state index >= 15 is 0 Å². The van der Waals surface area contributed by atoms with Gasteiger partial charge >= 0.3 is 0 Å². The molecule has 0 unspecified atom stereocenters. The molecule has 0 aliphatic carbocycles. The van der Waals surface area contributed by atoms with Crippen LogP contribution in [0.25, 0.3) is 0 Å². The predicted molar refractivity (Wildman–Crippen MR) is 44.6 cm³/mol. The third-order valence-corrected chi connectivity index (χ3v) is 2.38. The predicted octanol–water partition coefficient (Wildman–Crippen LogP) is 1.18. The molecule has 0 bridgehead atoms. The van der Waals surface area contributed by atoms with E-state index in [1.165, 1.54) is 32.1 Å². The number of nitrogens with zero attached hydrogens (tertiary/aromatic N) is 4. The van der Waals surface area contributed by atoms with Crippen molar-refractivity contribution in [1.82, 2.24) is 20.2 Å². The lowest BCUT2D eigenvalue weighted by molar-refractivity contribution is 0.527. The van der Waals surface area contributed by atoms with Crippen LogP contribution < -0.4 is 0 Å². The standard InChI is InChI=1S/C8H14N4/c1-2-4-6-8-9-10-11-12(8)7-5-3-1/h1-7H2. The highest BCUT2D eigenvalue weighted by molar-refractivity contribution is 4.81. The minimum Gasteiger partial charge on any atom is -0.230 e. The Hall–Kier alpha value is -0.930. The molecule has 1 aliphatic heterocycles. The Morgan fingerprint density at radius 1 is 1.00 bits per heavy atom. The highest BCUT2D eigenvalue weighted by atomic mass is 15.5. The van der Waals surface area contributed by atoms with Crippen molar-refractivity contribution in [2.45, 2.75) is 45.1 Å². The maximum atomic E-state index is 4.00. The largest absolute Gasteiger partial charge is 0.230 e. The number of tetrazole rings is 1. The quantitative estimate of drug-likeness (QED) is 0.581. The van der Waals surface area contributed by atoms with Gasteiger partial charge in [0.1, 0.15) is 0 Å². The molecule has 0 N–H and O–H groups in total. The molecule has 0 atom stereocenters. The van der Waals surface area contributed by atoms with E-state index in [4.69, 9.17) is 0 Å². The number of hydrogen-bond acceptors (Lipinski definition) is 3. The number of hydrogen-bond donors (Lipinski definition) is 0. The molecule has 12 heavy (non-hydrogen) atoms. The van der Waals surface area contributed by atoms with Gasteiger partial charge in [-0.25, -0.2) is 4.68 Å². The summed E-state index contributed by atoms with van der Waals surface area (Å²) in [5, 5.41) is 11.6. The molecule has 4 heteroatoms. The van der Waals surface area contributed by atoms with E-state index in [0.29, 0.717) is 0 Å². The van der Waals surface area contributed by atoms with Gasteiger partial charge in [-0.15, -0.1) is 5.10 Å². The second-order valence-electron chi connectivity index (χ2n) is 3.34. The van der Waals surface area contributed by atoms with E-state index in [1.54, 1.807) is 0 Å². The van der Waals surface area contributed by atoms with Crippen LogP contribution >= 0.6 is 0 Å². The van der Waals surface area contributed by atoms with Crippen molar-refractivity contribution in [3.63, 3.8) is 0 Å². The van der Waals surface area contributed by atoms with Crippen LogP contribution in [0.15, 0.2) is 0 Å². The molecule has 1 aliphatic rings. The zero-order chi connectivity index (χ0) is 8.23. The van der Waals surface area contributed by atoms with Gasteiger partial charge in [-0.3, -0.25) is 0 Å². The highest BCUT2D eigenvalue weighted by Crippen LogP contribution is 2.10. The lowest BCUT2D eigenvalue weighted by Gasteiger charge is -1.99. The van der Waals surface area contributed by atoms with Crippen LogP contribution in [0.5, 0.6) is 0 Å². The van der Waals surface area contributed by atoms with Gasteiger partial charge in [0.2, 0.25) is 0 Å². The molecule has 1 aromatic heterocycles. The molecular formula is C8H14N4. The molecule has 4 nitrogen and oxygen atoms in total. The highest BCUT2D eigenvalue weighted by Gasteiger charge is 2.07. The molecule has 0 fully saturated rings. The molecule has 0 aromatic carbocycles. The maximum Gasteiger partial charge on any atom is 0.151 e. The summed E-state index contributed by atoms with van der Waals surface area (Å²) in [7, 11) is 0. The average molecular weight is 166 g/mol. The molecule has 0 saturated carbocycles. The summed E-state index contributed by atoms with van der Waals surface area (Å²) < 4.78 is 1.95. The van der Waals surface area contributed by atoms with Crippen molar-refractivity contribution >= 4 is 0 Å². The third kappa shape index (κ3) is 1.62. The molecule has 0 radical (unpaired) electrons. The summed E-state index contributed by atoms with van der Waals surface area (Å²) in [6.45, 7) is 1.00. The lowest BCUT2D eigenvalue weighted by atomic mass is 10.1. The Morgan fingerprint density at radius 3 is 2.83 bits per heavy atom. The monoisotopic (exact) mass is 166 g/mol. The first-order valence-corrected chi connectivity index (χ1v) is 4.72. The summed E-state index contributed by atoms with van der Waals surface area (Å²) >= 11 is 0. The van der Waals surface area contributed by atoms with Gasteiger partial charge in [-0.1, -0.05) is 19.3 Å². The number of rotatable bonds is 0. The average Bonchev–Trinajstić information content (AvgIpc) is 2.50. The fourth-order valence-corrected chi connectivity index (χ4v) is 1.65. The molecular weight excluding hydrogens is 152 g/mol. The van der Waals surface area contributed by atoms with E-state index in [2.05, 4.69) is 15.5 Å². The van der Waals surface area contributed by atoms with Crippen LogP contribution in [0.1, 0.15) is 37.9 Å². The Labute approximate surface area is 72.0 Å². The molecule has 0 amide bonds. The lowest BCUT2D eigenvalue weighted by Crippen LogP contribution is -2.04. The van der Waals surface area contributed by atoms with E-state index in [1.807, 2.05) is 4.68 Å². The minimum absolute atomic E-state index is 1.00. The second-order valence-corrected chi connectivity index (χ2v) is 3.34. The normalized spacial score (nSPS) is 19.0. The maximum absolute atomic E-state index is 4.00. The Bertz CT molecular complexity index is 220. The van der Waals surface area contributed by atoms with Crippen molar-refractivity contribution < 1.29 is 0 Å². The smallest absolute Gasteiger partial charge is 0.151 e. The van der Waals surface area contributed by atoms with Gasteiger partial charge in [0.15, 0.2) is 5.82 Å². The van der Waals surface area contributed by atoms with E-state index in [9.17, 15) is 0 Å². The summed E-state index contributed by atoms with van der Waals surface area (Å²) in [6.07, 6.45) is 7.51.